The molecule has 0 aliphatic carbocycles. The fourth-order valence-corrected chi connectivity index (χ4v) is 0. The van der Waals surface area contributed by atoms with E-state index in [-0.39, 0.29) is 35.6 Å². The molecule has 8 heavy (non-hydrogen) atoms. The van der Waals surface area contributed by atoms with Gasteiger partial charge < -0.3 is 5.73 Å². The van der Waals surface area contributed by atoms with Crippen LogP contribution in [0.1, 0.15) is 6.92 Å². The number of hydrogen-bond acceptors (Lipinski definition) is 1. The number of hydrogen-bond donors (Lipinski definition) is 1. The van der Waals surface area contributed by atoms with Crippen molar-refractivity contribution in [2.45, 2.75) is 6.92 Å². The van der Waals surface area contributed by atoms with E-state index in [0.29, 0.717) is 0 Å². The van der Waals surface area contributed by atoms with Gasteiger partial charge in [0.1, 0.15) is 0 Å². The zero-order chi connectivity index (χ0) is 6.28. The molecule has 0 saturated carbocycles. The van der Waals surface area contributed by atoms with Gasteiger partial charge in [-0.3, -0.25) is 12.9 Å². The number of halogens is 3. The van der Waals surface area contributed by atoms with E-state index in [4.69, 9.17) is 5.73 Å². The van der Waals surface area contributed by atoms with Crippen LogP contribution in [0.3, 0.4) is 0 Å². The molecular weight excluding hydrogens is 245 g/mol. The Morgan fingerprint density at radius 2 is 1.38 bits per heavy atom. The van der Waals surface area contributed by atoms with Crippen molar-refractivity contribution in [3.63, 3.8) is 0 Å². The Morgan fingerprint density at radius 1 is 1.38 bits per heavy atom. The number of nitrogens with two attached hydrogens (primary N) is 1. The molecule has 0 aromatic rings. The van der Waals surface area contributed by atoms with E-state index < -0.39 is 7.54 Å². The van der Waals surface area contributed by atoms with Crippen LogP contribution in [0.2, 0.25) is 0 Å². The van der Waals surface area contributed by atoms with Crippen molar-refractivity contribution in [3.05, 3.63) is 0 Å². The molecule has 1 nitrogen and oxygen atoms in total. The van der Waals surface area contributed by atoms with Gasteiger partial charge in [0.05, 0.1) is 0 Å². The molecule has 0 aromatic carbocycles. The van der Waals surface area contributed by atoms with Gasteiger partial charge in [-0.25, -0.2) is 0 Å². The molecular formula is C2H7BF3LaN. The molecule has 0 atom stereocenters. The van der Waals surface area contributed by atoms with E-state index in [1.165, 1.54) is 0 Å². The first kappa shape index (κ1) is 16.0. The van der Waals surface area contributed by atoms with Crippen molar-refractivity contribution in [3.8, 4) is 0 Å². The van der Waals surface area contributed by atoms with Crippen LogP contribution in [0.4, 0.5) is 12.9 Å². The van der Waals surface area contributed by atoms with Gasteiger partial charge in [0.15, 0.2) is 0 Å². The minimum Gasteiger partial charge on any atom is -0.331 e. The Bertz CT molecular complexity index is 28.5. The van der Waals surface area contributed by atoms with Crippen LogP contribution in [-0.2, 0) is 0 Å². The first-order valence-electron chi connectivity index (χ1n) is 1.77. The Labute approximate surface area is 75.0 Å². The third-order valence-electron chi connectivity index (χ3n) is 0. The van der Waals surface area contributed by atoms with Crippen molar-refractivity contribution in [1.82, 2.24) is 0 Å². The summed E-state index contributed by atoms with van der Waals surface area (Å²) in [7, 11) is -3.67. The molecule has 0 unspecified atom stereocenters. The maximum Gasteiger partial charge on any atom is 0.762 e. The zero-order valence-electron chi connectivity index (χ0n) is 4.57. The van der Waals surface area contributed by atoms with Gasteiger partial charge >= 0.3 is 7.54 Å². The van der Waals surface area contributed by atoms with Gasteiger partial charge in [-0.15, -0.1) is 0 Å². The summed E-state index contributed by atoms with van der Waals surface area (Å²) in [6.45, 7) is 2.65. The van der Waals surface area contributed by atoms with Crippen LogP contribution in [0.25, 0.3) is 0 Å². The van der Waals surface area contributed by atoms with Crippen molar-refractivity contribution in [2.75, 3.05) is 6.54 Å². The van der Waals surface area contributed by atoms with Crippen LogP contribution < -0.4 is 5.73 Å². The second kappa shape index (κ2) is 15.7. The predicted molar refractivity (Wildman–Crippen MR) is 23.8 cm³/mol. The monoisotopic (exact) mass is 252 g/mol. The Morgan fingerprint density at radius 3 is 1.38 bits per heavy atom. The van der Waals surface area contributed by atoms with Gasteiger partial charge in [-0.05, 0) is 6.54 Å². The van der Waals surface area contributed by atoms with E-state index in [1.54, 1.807) is 0 Å². The quantitative estimate of drug-likeness (QED) is 0.635. The third-order valence-corrected chi connectivity index (χ3v) is 0. The van der Waals surface area contributed by atoms with Crippen LogP contribution in [-0.4, -0.2) is 14.1 Å². The molecule has 0 heterocycles. The summed E-state index contributed by atoms with van der Waals surface area (Å²) in [4.78, 5) is 0. The molecule has 47 valence electrons. The van der Waals surface area contributed by atoms with Gasteiger partial charge in [0.25, 0.3) is 0 Å². The number of rotatable bonds is 0. The summed E-state index contributed by atoms with van der Waals surface area (Å²) < 4.78 is 29.0. The molecule has 2 N–H and O–H groups in total. The van der Waals surface area contributed by atoms with Crippen molar-refractivity contribution in [2.24, 2.45) is 5.73 Å². The fourth-order valence-electron chi connectivity index (χ4n) is 0. The van der Waals surface area contributed by atoms with E-state index in [2.05, 4.69) is 0 Å². The van der Waals surface area contributed by atoms with Gasteiger partial charge in [0, 0.05) is 35.6 Å². The summed E-state index contributed by atoms with van der Waals surface area (Å²) in [5, 5.41) is 0. The Balaban J connectivity index is -0.0000000575. The van der Waals surface area contributed by atoms with Gasteiger partial charge in [0.2, 0.25) is 0 Å². The molecule has 0 spiro atoms. The molecule has 0 aliphatic heterocycles. The second-order valence-electron chi connectivity index (χ2n) is 0.656. The minimum absolute atomic E-state index is 0. The van der Waals surface area contributed by atoms with Crippen molar-refractivity contribution < 1.29 is 48.5 Å². The van der Waals surface area contributed by atoms with E-state index in [9.17, 15) is 12.9 Å². The molecule has 0 fully saturated rings. The van der Waals surface area contributed by atoms with Crippen LogP contribution in [0.5, 0.6) is 0 Å². The topological polar surface area (TPSA) is 26.0 Å². The minimum atomic E-state index is -3.67. The first-order chi connectivity index (χ1) is 3.15. The van der Waals surface area contributed by atoms with Gasteiger partial charge in [-0.1, -0.05) is 6.92 Å². The zero-order valence-corrected chi connectivity index (χ0v) is 8.20. The molecule has 0 aliphatic rings. The molecule has 1 radical (unpaired) electrons. The van der Waals surface area contributed by atoms with E-state index in [0.717, 1.165) is 6.54 Å². The molecule has 0 aromatic heterocycles. The van der Waals surface area contributed by atoms with Crippen molar-refractivity contribution >= 4 is 7.54 Å². The predicted octanol–water partition coefficient (Wildman–Crippen LogP) is 0.845. The smallest absolute Gasteiger partial charge is 0.331 e. The molecule has 0 rings (SSSR count). The normalized spacial score (nSPS) is 5.62. The third kappa shape index (κ3) is 248. The Hall–Kier alpha value is 1.01. The first-order valence-corrected chi connectivity index (χ1v) is 1.77. The summed E-state index contributed by atoms with van der Waals surface area (Å²) in [6, 6.07) is 0. The summed E-state index contributed by atoms with van der Waals surface area (Å²) >= 11 is 0. The molecule has 6 heteroatoms. The van der Waals surface area contributed by atoms with Crippen molar-refractivity contribution in [1.29, 1.82) is 0 Å². The van der Waals surface area contributed by atoms with E-state index >= 15 is 0 Å². The fraction of sp³-hybridized carbons (Fsp3) is 1.00. The maximum absolute atomic E-state index is 9.67. The van der Waals surface area contributed by atoms with E-state index in [1.807, 2.05) is 6.92 Å². The standard InChI is InChI=1S/C2H7N.BF3.La/c1-2-3;2-1(3)4;/h2-3H2,1H3;;. The molecule has 0 bridgehead atoms. The summed E-state index contributed by atoms with van der Waals surface area (Å²) in [6.07, 6.45) is 0. The average molecular weight is 252 g/mol. The summed E-state index contributed by atoms with van der Waals surface area (Å²) in [5.74, 6) is 0. The average Bonchev–Trinajstić information content (AvgIpc) is 1.33. The van der Waals surface area contributed by atoms with Crippen LogP contribution in [0, 0.1) is 35.6 Å². The Kier molecular flexibility index (Phi) is 31.4. The molecule has 0 amide bonds. The largest absolute Gasteiger partial charge is 0.762 e. The van der Waals surface area contributed by atoms with Gasteiger partial charge in [-0.2, -0.15) is 0 Å². The SMILES string of the molecule is CCN.FB(F)F.[La]. The summed E-state index contributed by atoms with van der Waals surface area (Å²) in [5.41, 5.74) is 4.85. The maximum atomic E-state index is 9.67. The van der Waals surface area contributed by atoms with Crippen LogP contribution >= 0.6 is 0 Å². The molecule has 0 saturated heterocycles. The van der Waals surface area contributed by atoms with Crippen LogP contribution in [0.15, 0.2) is 0 Å². The second-order valence-corrected chi connectivity index (χ2v) is 0.656.